The van der Waals surface area contributed by atoms with Gasteiger partial charge in [0.25, 0.3) is 0 Å². The van der Waals surface area contributed by atoms with Crippen molar-refractivity contribution in [3.8, 4) is 5.75 Å². The molecule has 102 valence electrons. The van der Waals surface area contributed by atoms with Gasteiger partial charge in [-0.2, -0.15) is 0 Å². The van der Waals surface area contributed by atoms with Crippen LogP contribution < -0.4 is 0 Å². The number of carbonyl (C=O) groups is 1. The van der Waals surface area contributed by atoms with Crippen molar-refractivity contribution in [2.45, 2.75) is 27.1 Å². The van der Waals surface area contributed by atoms with E-state index < -0.39 is 0 Å². The first-order valence-electron chi connectivity index (χ1n) is 5.72. The predicted octanol–water partition coefficient (Wildman–Crippen LogP) is 3.26. The third kappa shape index (κ3) is 7.27. The van der Waals surface area contributed by atoms with E-state index in [0.717, 1.165) is 13.2 Å². The van der Waals surface area contributed by atoms with Gasteiger partial charge in [-0.3, -0.25) is 4.79 Å². The second-order valence-electron chi connectivity index (χ2n) is 3.30. The fraction of sp³-hybridized carbons (Fsp3) is 0.462. The minimum absolute atomic E-state index is 0.0370. The number of ether oxygens (including phenoxy) is 2. The fourth-order valence-electron chi connectivity index (χ4n) is 1.13. The maximum Gasteiger partial charge on any atom is 0.154 e. The quantitative estimate of drug-likeness (QED) is 0.661. The summed E-state index contributed by atoms with van der Waals surface area (Å²) in [4.78, 5) is 10.2. The second kappa shape index (κ2) is 9.88. The molecule has 0 atom stereocenters. The molecule has 0 aromatic heterocycles. The fourth-order valence-corrected chi connectivity index (χ4v) is 1.35. The first-order valence-corrected chi connectivity index (χ1v) is 6.09. The predicted molar refractivity (Wildman–Crippen MR) is 71.2 cm³/mol. The molecule has 0 aliphatic carbocycles. The number of phenolic OH excluding ortho intramolecular Hbond substituents is 1. The Morgan fingerprint density at radius 2 is 1.89 bits per heavy atom. The number of rotatable bonds is 5. The molecule has 0 aliphatic rings. The summed E-state index contributed by atoms with van der Waals surface area (Å²) in [5.74, 6) is 0.0654. The molecule has 0 amide bonds. The van der Waals surface area contributed by atoms with Crippen LogP contribution in [-0.2, 0) is 9.47 Å². The van der Waals surface area contributed by atoms with Gasteiger partial charge >= 0.3 is 0 Å². The molecule has 0 saturated carbocycles. The normalized spacial score (nSPS) is 9.83. The number of aldehydes is 1. The number of carbonyl (C=O) groups excluding carboxylic acids is 1. The zero-order valence-electron chi connectivity index (χ0n) is 10.9. The van der Waals surface area contributed by atoms with E-state index in [4.69, 9.17) is 26.2 Å². The van der Waals surface area contributed by atoms with Crippen molar-refractivity contribution in [2.24, 2.45) is 0 Å². The maximum atomic E-state index is 10.2. The van der Waals surface area contributed by atoms with E-state index in [-0.39, 0.29) is 17.1 Å². The van der Waals surface area contributed by atoms with Crippen LogP contribution >= 0.6 is 11.6 Å². The lowest BCUT2D eigenvalue weighted by Crippen LogP contribution is -2.11. The molecule has 18 heavy (non-hydrogen) atoms. The molecule has 5 heteroatoms. The van der Waals surface area contributed by atoms with E-state index in [2.05, 4.69) is 0 Å². The first-order chi connectivity index (χ1) is 8.54. The summed E-state index contributed by atoms with van der Waals surface area (Å²) in [6.07, 6.45) is 0.604. The zero-order chi connectivity index (χ0) is 14.0. The summed E-state index contributed by atoms with van der Waals surface area (Å²) in [5, 5.41) is 9.11. The average Bonchev–Trinajstić information content (AvgIpc) is 2.30. The Kier molecular flexibility index (Phi) is 9.28. The largest absolute Gasteiger partial charge is 0.508 e. The molecule has 1 aromatic rings. The zero-order valence-corrected chi connectivity index (χ0v) is 11.6. The van der Waals surface area contributed by atoms with E-state index in [1.165, 1.54) is 18.2 Å². The van der Waals surface area contributed by atoms with Gasteiger partial charge in [-0.15, -0.1) is 0 Å². The van der Waals surface area contributed by atoms with Crippen molar-refractivity contribution in [3.05, 3.63) is 28.8 Å². The van der Waals surface area contributed by atoms with Crippen LogP contribution in [0.25, 0.3) is 0 Å². The molecule has 0 saturated heterocycles. The van der Waals surface area contributed by atoms with Crippen molar-refractivity contribution in [3.63, 3.8) is 0 Å². The van der Waals surface area contributed by atoms with Crippen LogP contribution in [-0.4, -0.2) is 30.9 Å². The minimum Gasteiger partial charge on any atom is -0.508 e. The second-order valence-corrected chi connectivity index (χ2v) is 3.71. The molecule has 0 bridgehead atoms. The molecular formula is C13H19ClO4. The Hall–Kier alpha value is -1.10. The van der Waals surface area contributed by atoms with E-state index in [9.17, 15) is 4.79 Å². The highest BCUT2D eigenvalue weighted by Gasteiger charge is 1.97. The van der Waals surface area contributed by atoms with E-state index >= 15 is 0 Å². The Bertz CT molecular complexity index is 349. The number of benzene rings is 1. The molecule has 0 aliphatic heterocycles. The highest BCUT2D eigenvalue weighted by Crippen LogP contribution is 2.19. The molecule has 0 heterocycles. The van der Waals surface area contributed by atoms with E-state index in [0.29, 0.717) is 11.8 Å². The van der Waals surface area contributed by atoms with Crippen LogP contribution in [0.15, 0.2) is 18.2 Å². The lowest BCUT2D eigenvalue weighted by atomic mass is 10.2. The van der Waals surface area contributed by atoms with Gasteiger partial charge in [-0.05, 0) is 39.0 Å². The molecule has 1 aromatic carbocycles. The van der Waals surface area contributed by atoms with Crippen LogP contribution in [0.2, 0.25) is 5.02 Å². The maximum absolute atomic E-state index is 10.2. The summed E-state index contributed by atoms with van der Waals surface area (Å²) < 4.78 is 10.1. The summed E-state index contributed by atoms with van der Waals surface area (Å²) in [7, 11) is 0. The van der Waals surface area contributed by atoms with Gasteiger partial charge in [0.1, 0.15) is 5.75 Å². The molecule has 1 rings (SSSR count). The Labute approximate surface area is 112 Å². The molecule has 4 nitrogen and oxygen atoms in total. The van der Waals surface area contributed by atoms with Gasteiger partial charge in [0.2, 0.25) is 0 Å². The minimum atomic E-state index is -0.0370. The SMILES string of the molecule is CCOC(C)OCC.O=Cc1ccc(O)cc1Cl. The smallest absolute Gasteiger partial charge is 0.154 e. The molecule has 0 unspecified atom stereocenters. The van der Waals surface area contributed by atoms with Gasteiger partial charge in [0, 0.05) is 18.8 Å². The third-order valence-electron chi connectivity index (χ3n) is 1.91. The number of phenols is 1. The summed E-state index contributed by atoms with van der Waals surface area (Å²) in [5.41, 5.74) is 0.388. The van der Waals surface area contributed by atoms with Crippen molar-refractivity contribution >= 4 is 17.9 Å². The summed E-state index contributed by atoms with van der Waals surface area (Å²) >= 11 is 5.54. The lowest BCUT2D eigenvalue weighted by Gasteiger charge is -2.09. The van der Waals surface area contributed by atoms with Gasteiger partial charge < -0.3 is 14.6 Å². The monoisotopic (exact) mass is 274 g/mol. The van der Waals surface area contributed by atoms with Crippen LogP contribution in [0.3, 0.4) is 0 Å². The van der Waals surface area contributed by atoms with Gasteiger partial charge in [0.05, 0.1) is 5.02 Å². The standard InChI is InChI=1S/C7H5ClO2.C6H14O2/c8-7-3-6(10)2-1-5(7)4-9;1-4-7-6(3)8-5-2/h1-4,10H;6H,4-5H2,1-3H3. The van der Waals surface area contributed by atoms with Crippen LogP contribution in [0.5, 0.6) is 5.75 Å². The third-order valence-corrected chi connectivity index (χ3v) is 2.24. The van der Waals surface area contributed by atoms with E-state index in [1.807, 2.05) is 20.8 Å². The van der Waals surface area contributed by atoms with Gasteiger partial charge in [-0.25, -0.2) is 0 Å². The molecule has 0 radical (unpaired) electrons. The number of hydrogen-bond acceptors (Lipinski definition) is 4. The summed E-state index contributed by atoms with van der Waals surface area (Å²) in [6, 6.07) is 4.20. The molecular weight excluding hydrogens is 256 g/mol. The van der Waals surface area contributed by atoms with Crippen molar-refractivity contribution in [2.75, 3.05) is 13.2 Å². The Balaban J connectivity index is 0.000000331. The topological polar surface area (TPSA) is 55.8 Å². The van der Waals surface area contributed by atoms with Gasteiger partial charge in [-0.1, -0.05) is 11.6 Å². The number of hydrogen-bond donors (Lipinski definition) is 1. The summed E-state index contributed by atoms with van der Waals surface area (Å²) in [6.45, 7) is 7.25. The molecule has 1 N–H and O–H groups in total. The van der Waals surface area contributed by atoms with Crippen molar-refractivity contribution in [1.82, 2.24) is 0 Å². The van der Waals surface area contributed by atoms with Gasteiger partial charge in [0.15, 0.2) is 12.6 Å². The number of aromatic hydroxyl groups is 1. The van der Waals surface area contributed by atoms with Crippen LogP contribution in [0.4, 0.5) is 0 Å². The lowest BCUT2D eigenvalue weighted by molar-refractivity contribution is -0.123. The van der Waals surface area contributed by atoms with E-state index in [1.54, 1.807) is 0 Å². The highest BCUT2D eigenvalue weighted by atomic mass is 35.5. The highest BCUT2D eigenvalue weighted by molar-refractivity contribution is 6.33. The Morgan fingerprint density at radius 1 is 1.33 bits per heavy atom. The van der Waals surface area contributed by atoms with Crippen LogP contribution in [0.1, 0.15) is 31.1 Å². The van der Waals surface area contributed by atoms with Crippen molar-refractivity contribution in [1.29, 1.82) is 0 Å². The van der Waals surface area contributed by atoms with Crippen molar-refractivity contribution < 1.29 is 19.4 Å². The Morgan fingerprint density at radius 3 is 2.28 bits per heavy atom. The average molecular weight is 275 g/mol. The number of halogens is 1. The molecule has 0 fully saturated rings. The molecule has 0 spiro atoms. The first kappa shape index (κ1) is 16.9. The van der Waals surface area contributed by atoms with Crippen LogP contribution in [0, 0.1) is 0 Å².